The first-order chi connectivity index (χ1) is 7.41. The number of nitrogens with one attached hydrogen (secondary N) is 2. The molecule has 4 nitrogen and oxygen atoms in total. The van der Waals surface area contributed by atoms with Gasteiger partial charge in [-0.2, -0.15) is 0 Å². The van der Waals surface area contributed by atoms with E-state index in [1.807, 2.05) is 20.8 Å². The van der Waals surface area contributed by atoms with E-state index in [9.17, 15) is 8.42 Å². The van der Waals surface area contributed by atoms with E-state index in [0.29, 0.717) is 5.92 Å². The second-order valence-corrected chi connectivity index (χ2v) is 6.94. The quantitative estimate of drug-likeness (QED) is 0.761. The van der Waals surface area contributed by atoms with E-state index in [-0.39, 0.29) is 17.7 Å². The van der Waals surface area contributed by atoms with E-state index in [1.54, 1.807) is 0 Å². The highest BCUT2D eigenvalue weighted by Crippen LogP contribution is 2.13. The smallest absolute Gasteiger partial charge is 0.212 e. The van der Waals surface area contributed by atoms with Crippen LogP contribution in [0.2, 0.25) is 0 Å². The summed E-state index contributed by atoms with van der Waals surface area (Å²) in [7, 11) is -3.12. The minimum absolute atomic E-state index is 0.0153. The lowest BCUT2D eigenvalue weighted by Gasteiger charge is -2.24. The fraction of sp³-hybridized carbons (Fsp3) is 1.00. The molecule has 2 N–H and O–H groups in total. The van der Waals surface area contributed by atoms with E-state index in [4.69, 9.17) is 0 Å². The number of piperidine rings is 1. The maximum absolute atomic E-state index is 11.9. The van der Waals surface area contributed by atoms with Gasteiger partial charge in [-0.05, 0) is 44.7 Å². The van der Waals surface area contributed by atoms with Gasteiger partial charge in [-0.1, -0.05) is 13.8 Å². The molecule has 0 amide bonds. The van der Waals surface area contributed by atoms with E-state index in [2.05, 4.69) is 10.0 Å². The summed E-state index contributed by atoms with van der Waals surface area (Å²) in [5.74, 6) is 0.863. The van der Waals surface area contributed by atoms with Gasteiger partial charge in [0.05, 0.1) is 5.75 Å². The van der Waals surface area contributed by atoms with Crippen molar-refractivity contribution in [3.05, 3.63) is 0 Å². The Morgan fingerprint density at radius 2 is 2.06 bits per heavy atom. The Balaban J connectivity index is 2.44. The van der Waals surface area contributed by atoms with E-state index in [1.165, 1.54) is 0 Å². The van der Waals surface area contributed by atoms with Crippen molar-refractivity contribution in [3.8, 4) is 0 Å². The van der Waals surface area contributed by atoms with E-state index < -0.39 is 10.0 Å². The number of sulfonamides is 1. The van der Waals surface area contributed by atoms with Crippen LogP contribution in [0.1, 0.15) is 33.6 Å². The molecule has 0 spiro atoms. The molecule has 1 saturated heterocycles. The molecule has 0 radical (unpaired) electrons. The third-order valence-electron chi connectivity index (χ3n) is 3.22. The molecule has 1 rings (SSSR count). The average molecular weight is 248 g/mol. The van der Waals surface area contributed by atoms with Crippen molar-refractivity contribution >= 4 is 10.0 Å². The van der Waals surface area contributed by atoms with Crippen molar-refractivity contribution in [1.82, 2.24) is 10.0 Å². The van der Waals surface area contributed by atoms with Gasteiger partial charge in [-0.3, -0.25) is 0 Å². The molecule has 0 aromatic heterocycles. The fourth-order valence-corrected chi connectivity index (χ4v) is 3.68. The predicted molar refractivity (Wildman–Crippen MR) is 66.8 cm³/mol. The minimum atomic E-state index is -3.12. The van der Waals surface area contributed by atoms with Crippen LogP contribution in [0.4, 0.5) is 0 Å². The average Bonchev–Trinajstić information content (AvgIpc) is 2.17. The van der Waals surface area contributed by atoms with E-state index in [0.717, 1.165) is 25.9 Å². The lowest BCUT2D eigenvalue weighted by Crippen LogP contribution is -2.42. The van der Waals surface area contributed by atoms with Crippen LogP contribution in [0, 0.1) is 11.8 Å². The van der Waals surface area contributed by atoms with Gasteiger partial charge in [0.2, 0.25) is 10.0 Å². The van der Waals surface area contributed by atoms with Crippen LogP contribution < -0.4 is 10.0 Å². The number of hydrogen-bond donors (Lipinski definition) is 2. The summed E-state index contributed by atoms with van der Waals surface area (Å²) in [5, 5.41) is 3.24. The Hall–Kier alpha value is -0.130. The van der Waals surface area contributed by atoms with Crippen molar-refractivity contribution in [3.63, 3.8) is 0 Å². The van der Waals surface area contributed by atoms with Crippen LogP contribution in [0.25, 0.3) is 0 Å². The highest BCUT2D eigenvalue weighted by Gasteiger charge is 2.23. The van der Waals surface area contributed by atoms with Crippen molar-refractivity contribution in [1.29, 1.82) is 0 Å². The Bertz CT molecular complexity index is 295. The summed E-state index contributed by atoms with van der Waals surface area (Å²) in [6, 6.07) is 0.0153. The zero-order valence-electron chi connectivity index (χ0n) is 10.5. The standard InChI is InChI=1S/C11H24N2O2S/c1-9(2)10(3)13-16(14,15)8-11-5-4-6-12-7-11/h9-13H,4-8H2,1-3H3. The highest BCUT2D eigenvalue weighted by atomic mass is 32.2. The maximum atomic E-state index is 11.9. The molecule has 1 fully saturated rings. The van der Waals surface area contributed by atoms with Gasteiger partial charge in [-0.25, -0.2) is 13.1 Å². The van der Waals surface area contributed by atoms with Gasteiger partial charge in [0.15, 0.2) is 0 Å². The Morgan fingerprint density at radius 1 is 1.38 bits per heavy atom. The first kappa shape index (κ1) is 13.9. The summed E-state index contributed by atoms with van der Waals surface area (Å²) < 4.78 is 26.5. The first-order valence-corrected chi connectivity index (χ1v) is 7.76. The zero-order valence-corrected chi connectivity index (χ0v) is 11.3. The third kappa shape index (κ3) is 4.80. The Kier molecular flexibility index (Phi) is 5.21. The van der Waals surface area contributed by atoms with Crippen LogP contribution in [0.5, 0.6) is 0 Å². The van der Waals surface area contributed by atoms with Crippen molar-refractivity contribution in [2.45, 2.75) is 39.7 Å². The van der Waals surface area contributed by atoms with Crippen LogP contribution in [-0.4, -0.2) is 33.3 Å². The molecule has 16 heavy (non-hydrogen) atoms. The van der Waals surface area contributed by atoms with Gasteiger partial charge >= 0.3 is 0 Å². The maximum Gasteiger partial charge on any atom is 0.212 e. The molecule has 2 unspecified atom stereocenters. The molecule has 1 heterocycles. The number of hydrogen-bond acceptors (Lipinski definition) is 3. The summed E-state index contributed by atoms with van der Waals surface area (Å²) in [6.45, 7) is 7.81. The van der Waals surface area contributed by atoms with Gasteiger partial charge in [-0.15, -0.1) is 0 Å². The summed E-state index contributed by atoms with van der Waals surface area (Å²) in [5.41, 5.74) is 0. The molecule has 2 atom stereocenters. The summed E-state index contributed by atoms with van der Waals surface area (Å²) in [6.07, 6.45) is 2.10. The molecule has 0 aliphatic carbocycles. The van der Waals surface area contributed by atoms with Crippen LogP contribution in [0.3, 0.4) is 0 Å². The van der Waals surface area contributed by atoms with E-state index >= 15 is 0 Å². The van der Waals surface area contributed by atoms with Crippen molar-refractivity contribution < 1.29 is 8.42 Å². The molecule has 0 saturated carbocycles. The summed E-state index contributed by atoms with van der Waals surface area (Å²) >= 11 is 0. The van der Waals surface area contributed by atoms with Gasteiger partial charge in [0.1, 0.15) is 0 Å². The lowest BCUT2D eigenvalue weighted by molar-refractivity contribution is 0.399. The molecular weight excluding hydrogens is 224 g/mol. The third-order valence-corrected chi connectivity index (χ3v) is 4.86. The Morgan fingerprint density at radius 3 is 2.56 bits per heavy atom. The van der Waals surface area contributed by atoms with Crippen molar-refractivity contribution in [2.24, 2.45) is 11.8 Å². The lowest BCUT2D eigenvalue weighted by atomic mass is 10.0. The Labute approximate surface area is 99.2 Å². The minimum Gasteiger partial charge on any atom is -0.316 e. The topological polar surface area (TPSA) is 58.2 Å². The second kappa shape index (κ2) is 5.98. The van der Waals surface area contributed by atoms with Crippen LogP contribution in [0.15, 0.2) is 0 Å². The van der Waals surface area contributed by atoms with Crippen LogP contribution in [-0.2, 0) is 10.0 Å². The molecule has 0 bridgehead atoms. The SMILES string of the molecule is CC(C)C(C)NS(=O)(=O)CC1CCCNC1. The van der Waals surface area contributed by atoms with Crippen LogP contribution >= 0.6 is 0 Å². The van der Waals surface area contributed by atoms with Gasteiger partial charge in [0.25, 0.3) is 0 Å². The molecular formula is C11H24N2O2S. The molecule has 96 valence electrons. The second-order valence-electron chi connectivity index (χ2n) is 5.14. The fourth-order valence-electron chi connectivity index (χ4n) is 1.84. The molecule has 1 aliphatic rings. The van der Waals surface area contributed by atoms with Gasteiger partial charge in [0, 0.05) is 6.04 Å². The first-order valence-electron chi connectivity index (χ1n) is 6.11. The largest absolute Gasteiger partial charge is 0.316 e. The molecule has 1 aliphatic heterocycles. The zero-order chi connectivity index (χ0) is 12.2. The van der Waals surface area contributed by atoms with Gasteiger partial charge < -0.3 is 5.32 Å². The van der Waals surface area contributed by atoms with Crippen molar-refractivity contribution in [2.75, 3.05) is 18.8 Å². The molecule has 5 heteroatoms. The highest BCUT2D eigenvalue weighted by molar-refractivity contribution is 7.89. The monoisotopic (exact) mass is 248 g/mol. The number of rotatable bonds is 5. The predicted octanol–water partition coefficient (Wildman–Crippen LogP) is 0.950. The molecule has 0 aromatic carbocycles. The normalized spacial score (nSPS) is 24.6. The summed E-state index contributed by atoms with van der Waals surface area (Å²) in [4.78, 5) is 0. The molecule has 0 aromatic rings.